The number of amides is 1. The van der Waals surface area contributed by atoms with E-state index in [0.717, 1.165) is 38.0 Å². The summed E-state index contributed by atoms with van der Waals surface area (Å²) in [6.45, 7) is 8.10. The molecule has 1 aliphatic rings. The Balaban J connectivity index is 2.21. The van der Waals surface area contributed by atoms with E-state index in [4.69, 9.17) is 11.5 Å². The van der Waals surface area contributed by atoms with Gasteiger partial charge in [-0.15, -0.1) is 0 Å². The maximum absolute atomic E-state index is 12.1. The minimum atomic E-state index is 0.108. The molecule has 5 N–H and O–H groups in total. The molecule has 5 heteroatoms. The third-order valence-electron chi connectivity index (χ3n) is 4.25. The fourth-order valence-corrected chi connectivity index (χ4v) is 2.86. The summed E-state index contributed by atoms with van der Waals surface area (Å²) in [6.07, 6.45) is 5.13. The molecule has 1 fully saturated rings. The van der Waals surface area contributed by atoms with Gasteiger partial charge >= 0.3 is 0 Å². The Morgan fingerprint density at radius 1 is 1.20 bits per heavy atom. The Morgan fingerprint density at radius 2 is 1.80 bits per heavy atom. The highest BCUT2D eigenvalue weighted by Crippen LogP contribution is 2.39. The monoisotopic (exact) mass is 282 g/mol. The van der Waals surface area contributed by atoms with Crippen LogP contribution >= 0.6 is 0 Å². The van der Waals surface area contributed by atoms with Gasteiger partial charge < -0.3 is 16.8 Å². The van der Waals surface area contributed by atoms with Crippen LogP contribution in [0.3, 0.4) is 0 Å². The SMILES string of the molecule is CC(C)(C)C1CCC(C(=O)NCCCN=C(N)N)CC1. The minimum Gasteiger partial charge on any atom is -0.370 e. The molecule has 0 spiro atoms. The van der Waals surface area contributed by atoms with Crippen LogP contribution in [0.4, 0.5) is 0 Å². The van der Waals surface area contributed by atoms with Crippen molar-refractivity contribution in [3.8, 4) is 0 Å². The molecule has 116 valence electrons. The molecule has 20 heavy (non-hydrogen) atoms. The number of nitrogens with one attached hydrogen (secondary N) is 1. The zero-order valence-corrected chi connectivity index (χ0v) is 13.1. The van der Waals surface area contributed by atoms with Crippen molar-refractivity contribution in [3.05, 3.63) is 0 Å². The van der Waals surface area contributed by atoms with E-state index in [1.807, 2.05) is 0 Å². The van der Waals surface area contributed by atoms with Crippen molar-refractivity contribution in [2.45, 2.75) is 52.9 Å². The molecule has 0 heterocycles. The molecule has 0 bridgehead atoms. The summed E-state index contributed by atoms with van der Waals surface area (Å²) in [4.78, 5) is 15.9. The maximum Gasteiger partial charge on any atom is 0.223 e. The van der Waals surface area contributed by atoms with Gasteiger partial charge in [0.1, 0.15) is 0 Å². The van der Waals surface area contributed by atoms with Crippen molar-refractivity contribution in [2.24, 2.45) is 33.7 Å². The number of aliphatic imine (C=N–C) groups is 1. The molecule has 0 unspecified atom stereocenters. The fourth-order valence-electron chi connectivity index (χ4n) is 2.86. The second-order valence-corrected chi connectivity index (χ2v) is 6.87. The van der Waals surface area contributed by atoms with Crippen LogP contribution in [0, 0.1) is 17.3 Å². The molecule has 0 aromatic rings. The van der Waals surface area contributed by atoms with E-state index in [1.165, 1.54) is 0 Å². The molecule has 1 aliphatic carbocycles. The van der Waals surface area contributed by atoms with E-state index in [-0.39, 0.29) is 17.8 Å². The lowest BCUT2D eigenvalue weighted by Gasteiger charge is -2.36. The highest BCUT2D eigenvalue weighted by atomic mass is 16.1. The number of hydrogen-bond donors (Lipinski definition) is 3. The van der Waals surface area contributed by atoms with Gasteiger partial charge in [-0.05, 0) is 43.4 Å². The Kier molecular flexibility index (Phi) is 6.30. The fraction of sp³-hybridized carbons (Fsp3) is 0.867. The zero-order valence-electron chi connectivity index (χ0n) is 13.1. The van der Waals surface area contributed by atoms with E-state index < -0.39 is 0 Å². The first kappa shape index (κ1) is 16.8. The van der Waals surface area contributed by atoms with Crippen molar-refractivity contribution in [3.63, 3.8) is 0 Å². The Morgan fingerprint density at radius 3 is 2.30 bits per heavy atom. The number of carbonyl (C=O) groups excluding carboxylic acids is 1. The third-order valence-corrected chi connectivity index (χ3v) is 4.25. The van der Waals surface area contributed by atoms with Gasteiger partial charge in [0, 0.05) is 19.0 Å². The molecule has 1 saturated carbocycles. The molecular formula is C15H30N4O. The molecule has 1 rings (SSSR count). The first-order chi connectivity index (χ1) is 9.30. The van der Waals surface area contributed by atoms with Gasteiger partial charge in [0.2, 0.25) is 5.91 Å². The molecule has 5 nitrogen and oxygen atoms in total. The maximum atomic E-state index is 12.1. The lowest BCUT2D eigenvalue weighted by molar-refractivity contribution is -0.126. The van der Waals surface area contributed by atoms with Crippen LogP contribution in [0.2, 0.25) is 0 Å². The summed E-state index contributed by atoms with van der Waals surface area (Å²) in [5.41, 5.74) is 10.8. The second-order valence-electron chi connectivity index (χ2n) is 6.87. The normalized spacial score (nSPS) is 23.1. The van der Waals surface area contributed by atoms with Crippen LogP contribution in [-0.4, -0.2) is 25.0 Å². The standard InChI is InChI=1S/C15H30N4O/c1-15(2,3)12-7-5-11(6-8-12)13(20)18-9-4-10-19-14(16)17/h11-12H,4-10H2,1-3H3,(H,18,20)(H4,16,17,19). The second kappa shape index (κ2) is 7.50. The van der Waals surface area contributed by atoms with E-state index in [1.54, 1.807) is 0 Å². The molecule has 0 aromatic heterocycles. The quantitative estimate of drug-likeness (QED) is 0.406. The van der Waals surface area contributed by atoms with Crippen molar-refractivity contribution >= 4 is 11.9 Å². The first-order valence-electron chi connectivity index (χ1n) is 7.64. The number of guanidine groups is 1. The summed E-state index contributed by atoms with van der Waals surface area (Å²) >= 11 is 0. The smallest absolute Gasteiger partial charge is 0.223 e. The highest BCUT2D eigenvalue weighted by molar-refractivity contribution is 5.78. The van der Waals surface area contributed by atoms with Crippen molar-refractivity contribution < 1.29 is 4.79 Å². The van der Waals surface area contributed by atoms with Crippen LogP contribution in [0.1, 0.15) is 52.9 Å². The topological polar surface area (TPSA) is 93.5 Å². The number of nitrogens with two attached hydrogens (primary N) is 2. The van der Waals surface area contributed by atoms with Crippen LogP contribution < -0.4 is 16.8 Å². The van der Waals surface area contributed by atoms with Crippen LogP contribution in [0.15, 0.2) is 4.99 Å². The van der Waals surface area contributed by atoms with Crippen LogP contribution in [-0.2, 0) is 4.79 Å². The Hall–Kier alpha value is -1.26. The molecule has 0 aliphatic heterocycles. The van der Waals surface area contributed by atoms with Crippen molar-refractivity contribution in [2.75, 3.05) is 13.1 Å². The van der Waals surface area contributed by atoms with Gasteiger partial charge in [-0.2, -0.15) is 0 Å². The van der Waals surface area contributed by atoms with E-state index >= 15 is 0 Å². The molecule has 0 aromatic carbocycles. The number of carbonyl (C=O) groups is 1. The highest BCUT2D eigenvalue weighted by Gasteiger charge is 2.32. The van der Waals surface area contributed by atoms with Gasteiger partial charge in [-0.25, -0.2) is 0 Å². The van der Waals surface area contributed by atoms with Gasteiger partial charge in [-0.1, -0.05) is 20.8 Å². The van der Waals surface area contributed by atoms with Gasteiger partial charge in [0.25, 0.3) is 0 Å². The number of hydrogen-bond acceptors (Lipinski definition) is 2. The number of nitrogens with zero attached hydrogens (tertiary/aromatic N) is 1. The van der Waals surface area contributed by atoms with Crippen molar-refractivity contribution in [1.29, 1.82) is 0 Å². The summed E-state index contributed by atoms with van der Waals surface area (Å²) in [7, 11) is 0. The molecular weight excluding hydrogens is 252 g/mol. The summed E-state index contributed by atoms with van der Waals surface area (Å²) < 4.78 is 0. The molecule has 0 saturated heterocycles. The van der Waals surface area contributed by atoms with Crippen molar-refractivity contribution in [1.82, 2.24) is 5.32 Å². The van der Waals surface area contributed by atoms with Crippen LogP contribution in [0.25, 0.3) is 0 Å². The van der Waals surface area contributed by atoms with E-state index in [2.05, 4.69) is 31.1 Å². The Labute approximate surface area is 122 Å². The summed E-state index contributed by atoms with van der Waals surface area (Å²) in [6, 6.07) is 0. The molecule has 0 atom stereocenters. The third kappa shape index (κ3) is 5.80. The average molecular weight is 282 g/mol. The van der Waals surface area contributed by atoms with Gasteiger partial charge in [-0.3, -0.25) is 9.79 Å². The Bertz CT molecular complexity index is 334. The molecule has 1 amide bonds. The van der Waals surface area contributed by atoms with Gasteiger partial charge in [0.05, 0.1) is 0 Å². The lowest BCUT2D eigenvalue weighted by Crippen LogP contribution is -2.36. The first-order valence-corrected chi connectivity index (χ1v) is 7.64. The van der Waals surface area contributed by atoms with E-state index in [9.17, 15) is 4.79 Å². The largest absolute Gasteiger partial charge is 0.370 e. The average Bonchev–Trinajstić information content (AvgIpc) is 2.37. The number of rotatable bonds is 5. The predicted octanol–water partition coefficient (Wildman–Crippen LogP) is 1.62. The lowest BCUT2D eigenvalue weighted by atomic mass is 9.69. The summed E-state index contributed by atoms with van der Waals surface area (Å²) in [5.74, 6) is 1.24. The van der Waals surface area contributed by atoms with Crippen LogP contribution in [0.5, 0.6) is 0 Å². The van der Waals surface area contributed by atoms with E-state index in [0.29, 0.717) is 18.5 Å². The summed E-state index contributed by atoms with van der Waals surface area (Å²) in [5, 5.41) is 2.99. The van der Waals surface area contributed by atoms with Gasteiger partial charge in [0.15, 0.2) is 5.96 Å². The zero-order chi connectivity index (χ0) is 15.2. The minimum absolute atomic E-state index is 0.108. The predicted molar refractivity (Wildman–Crippen MR) is 83.2 cm³/mol. The molecule has 0 radical (unpaired) electrons.